The normalized spacial score (nSPS) is 12.8. The number of fused-ring (bicyclic) bond motifs is 3. The van der Waals surface area contributed by atoms with Crippen molar-refractivity contribution in [2.24, 2.45) is 7.05 Å². The lowest BCUT2D eigenvalue weighted by Gasteiger charge is -2.21. The molecule has 5 rings (SSSR count). The summed E-state index contributed by atoms with van der Waals surface area (Å²) in [5.41, 5.74) is 4.15. The van der Waals surface area contributed by atoms with Crippen LogP contribution in [-0.2, 0) is 16.6 Å². The molecule has 2 amide bonds. The van der Waals surface area contributed by atoms with Gasteiger partial charge >= 0.3 is 6.09 Å². The lowest BCUT2D eigenvalue weighted by Crippen LogP contribution is -2.33. The van der Waals surface area contributed by atoms with Crippen LogP contribution in [0.1, 0.15) is 35.1 Å². The van der Waals surface area contributed by atoms with E-state index >= 15 is 0 Å². The van der Waals surface area contributed by atoms with Crippen LogP contribution in [0.3, 0.4) is 0 Å². The van der Waals surface area contributed by atoms with Crippen LogP contribution in [0.15, 0.2) is 88.3 Å². The number of pyridine rings is 1. The highest BCUT2D eigenvalue weighted by Gasteiger charge is 2.30. The molecule has 10 heteroatoms. The Kier molecular flexibility index (Phi) is 7.79. The maximum Gasteiger partial charge on any atom is 0.407 e. The third-order valence-electron chi connectivity index (χ3n) is 6.79. The fourth-order valence-electron chi connectivity index (χ4n) is 4.94. The van der Waals surface area contributed by atoms with Crippen molar-refractivity contribution in [3.05, 3.63) is 122 Å². The first-order valence-electron chi connectivity index (χ1n) is 12.4. The van der Waals surface area contributed by atoms with Gasteiger partial charge in [0, 0.05) is 30.8 Å². The number of nitrogens with one attached hydrogen (secondary N) is 2. The molecule has 1 aliphatic rings. The number of aromatic nitrogens is 1. The van der Waals surface area contributed by atoms with E-state index in [1.165, 1.54) is 29.9 Å². The van der Waals surface area contributed by atoms with Crippen LogP contribution in [0.4, 0.5) is 19.3 Å². The predicted octanol–water partition coefficient (Wildman–Crippen LogP) is 6.03. The van der Waals surface area contributed by atoms with Crippen molar-refractivity contribution in [2.45, 2.75) is 18.4 Å². The van der Waals surface area contributed by atoms with Gasteiger partial charge in [0.1, 0.15) is 18.2 Å². The third kappa shape index (κ3) is 5.67. The average molecular weight is 608 g/mol. The molecule has 0 bridgehead atoms. The molecule has 1 heterocycles. The summed E-state index contributed by atoms with van der Waals surface area (Å²) in [7, 11) is 1.53. The minimum Gasteiger partial charge on any atom is -0.449 e. The molecular formula is C30H24BrF2N3O4. The lowest BCUT2D eigenvalue weighted by molar-refractivity contribution is -0.116. The Morgan fingerprint density at radius 2 is 1.65 bits per heavy atom. The minimum atomic E-state index is -1.16. The summed E-state index contributed by atoms with van der Waals surface area (Å²) in [4.78, 5) is 37.8. The number of aryl methyl sites for hydroxylation is 1. The summed E-state index contributed by atoms with van der Waals surface area (Å²) in [5, 5.41) is 5.20. The van der Waals surface area contributed by atoms with Crippen LogP contribution in [0.2, 0.25) is 0 Å². The van der Waals surface area contributed by atoms with E-state index in [9.17, 15) is 23.2 Å². The molecule has 1 atom stereocenters. The fraction of sp³-hybridized carbons (Fsp3) is 0.167. The van der Waals surface area contributed by atoms with Crippen LogP contribution in [0.5, 0.6) is 0 Å². The summed E-state index contributed by atoms with van der Waals surface area (Å²) >= 11 is 3.15. The summed E-state index contributed by atoms with van der Waals surface area (Å²) in [6.07, 6.45) is 0.193. The second-order valence-corrected chi connectivity index (χ2v) is 10.3. The molecule has 0 saturated heterocycles. The van der Waals surface area contributed by atoms with Gasteiger partial charge in [-0.25, -0.2) is 13.6 Å². The monoisotopic (exact) mass is 607 g/mol. The van der Waals surface area contributed by atoms with Crippen molar-refractivity contribution < 1.29 is 23.1 Å². The molecule has 0 spiro atoms. The Bertz CT molecular complexity index is 1600. The van der Waals surface area contributed by atoms with Gasteiger partial charge < -0.3 is 19.9 Å². The molecule has 40 heavy (non-hydrogen) atoms. The highest BCUT2D eigenvalue weighted by atomic mass is 79.9. The van der Waals surface area contributed by atoms with E-state index in [-0.39, 0.29) is 34.5 Å². The van der Waals surface area contributed by atoms with Crippen molar-refractivity contribution in [3.8, 4) is 11.1 Å². The van der Waals surface area contributed by atoms with Gasteiger partial charge in [0.25, 0.3) is 5.56 Å². The number of halogens is 3. The first-order valence-corrected chi connectivity index (χ1v) is 13.2. The van der Waals surface area contributed by atoms with Gasteiger partial charge in [-0.2, -0.15) is 0 Å². The Labute approximate surface area is 236 Å². The van der Waals surface area contributed by atoms with E-state index in [2.05, 4.69) is 26.6 Å². The topological polar surface area (TPSA) is 89.4 Å². The molecule has 204 valence electrons. The van der Waals surface area contributed by atoms with Crippen LogP contribution >= 0.6 is 15.9 Å². The van der Waals surface area contributed by atoms with Gasteiger partial charge in [-0.15, -0.1) is 0 Å². The molecule has 1 aliphatic carbocycles. The van der Waals surface area contributed by atoms with Crippen LogP contribution < -0.4 is 16.2 Å². The molecule has 0 aliphatic heterocycles. The van der Waals surface area contributed by atoms with Gasteiger partial charge in [-0.3, -0.25) is 9.59 Å². The Balaban J connectivity index is 1.32. The van der Waals surface area contributed by atoms with Gasteiger partial charge in [-0.1, -0.05) is 54.6 Å². The van der Waals surface area contributed by atoms with Crippen molar-refractivity contribution in [1.82, 2.24) is 9.88 Å². The van der Waals surface area contributed by atoms with E-state index in [0.717, 1.165) is 28.3 Å². The van der Waals surface area contributed by atoms with Crippen molar-refractivity contribution in [2.75, 3.05) is 11.9 Å². The number of hydrogen-bond acceptors (Lipinski definition) is 4. The molecule has 7 nitrogen and oxygen atoms in total. The number of nitrogens with zero attached hydrogens (tertiary/aromatic N) is 1. The number of benzene rings is 3. The molecule has 0 radical (unpaired) electrons. The van der Waals surface area contributed by atoms with Crippen molar-refractivity contribution in [1.29, 1.82) is 0 Å². The van der Waals surface area contributed by atoms with Crippen molar-refractivity contribution in [3.63, 3.8) is 0 Å². The number of amides is 2. The zero-order chi connectivity index (χ0) is 28.4. The molecule has 4 aromatic rings. The number of carbonyl (C=O) groups excluding carboxylic acids is 2. The highest BCUT2D eigenvalue weighted by Crippen LogP contribution is 2.44. The molecule has 0 fully saturated rings. The maximum absolute atomic E-state index is 14.7. The van der Waals surface area contributed by atoms with Gasteiger partial charge in [0.2, 0.25) is 5.91 Å². The molecule has 2 N–H and O–H groups in total. The molecular weight excluding hydrogens is 584 g/mol. The minimum absolute atomic E-state index is 0.0246. The predicted molar refractivity (Wildman–Crippen MR) is 150 cm³/mol. The quantitative estimate of drug-likeness (QED) is 0.268. The summed E-state index contributed by atoms with van der Waals surface area (Å²) in [6.45, 7) is 0.0246. The summed E-state index contributed by atoms with van der Waals surface area (Å²) in [6, 6.07) is 18.9. The lowest BCUT2D eigenvalue weighted by atomic mass is 9.98. The second kappa shape index (κ2) is 11.4. The van der Waals surface area contributed by atoms with Crippen LogP contribution in [0, 0.1) is 11.6 Å². The van der Waals surface area contributed by atoms with Gasteiger partial charge in [0.15, 0.2) is 0 Å². The number of anilines is 1. The molecule has 1 unspecified atom stereocenters. The summed E-state index contributed by atoms with van der Waals surface area (Å²) < 4.78 is 35.4. The first kappa shape index (κ1) is 27.3. The number of ether oxygens (including phenoxy) is 1. The average Bonchev–Trinajstić information content (AvgIpc) is 3.24. The van der Waals surface area contributed by atoms with Crippen LogP contribution in [0.25, 0.3) is 11.1 Å². The van der Waals surface area contributed by atoms with Gasteiger partial charge in [0.05, 0.1) is 22.6 Å². The van der Waals surface area contributed by atoms with Crippen LogP contribution in [-0.4, -0.2) is 23.2 Å². The Hall–Kier alpha value is -4.31. The zero-order valence-electron chi connectivity index (χ0n) is 21.3. The Morgan fingerprint density at radius 3 is 2.27 bits per heavy atom. The highest BCUT2D eigenvalue weighted by molar-refractivity contribution is 9.10. The zero-order valence-corrected chi connectivity index (χ0v) is 22.9. The van der Waals surface area contributed by atoms with E-state index in [1.807, 2.05) is 48.5 Å². The van der Waals surface area contributed by atoms with E-state index < -0.39 is 29.7 Å². The Morgan fingerprint density at radius 1 is 1.00 bits per heavy atom. The van der Waals surface area contributed by atoms with E-state index in [4.69, 9.17) is 4.74 Å². The number of hydrogen-bond donors (Lipinski definition) is 2. The standard InChI is InChI=1S/C30H24BrF2N3O4/c1-36-15-18(13-25(31)29(36)38)34-28(37)14-27(23-11-10-17(32)12-26(23)33)35-30(39)40-16-24-21-8-4-2-6-19(21)20-7-3-5-9-22(20)24/h2-13,15,24,27H,14,16H2,1H3,(H,34,37)(H,35,39). The van der Waals surface area contributed by atoms with Gasteiger partial charge in [-0.05, 0) is 50.3 Å². The largest absolute Gasteiger partial charge is 0.449 e. The first-order chi connectivity index (χ1) is 19.2. The second-order valence-electron chi connectivity index (χ2n) is 9.43. The maximum atomic E-state index is 14.7. The van der Waals surface area contributed by atoms with E-state index in [1.54, 1.807) is 0 Å². The van der Waals surface area contributed by atoms with Crippen molar-refractivity contribution >= 4 is 33.6 Å². The van der Waals surface area contributed by atoms with E-state index in [0.29, 0.717) is 11.8 Å². The molecule has 1 aromatic heterocycles. The smallest absolute Gasteiger partial charge is 0.407 e. The number of rotatable bonds is 7. The third-order valence-corrected chi connectivity index (χ3v) is 7.35. The number of carbonyl (C=O) groups is 2. The molecule has 3 aromatic carbocycles. The number of alkyl carbamates (subject to hydrolysis) is 1. The SMILES string of the molecule is Cn1cc(NC(=O)CC(NC(=O)OCC2c3ccccc3-c3ccccc32)c2ccc(F)cc2F)cc(Br)c1=O. The fourth-order valence-corrected chi connectivity index (χ4v) is 5.47. The summed E-state index contributed by atoms with van der Waals surface area (Å²) in [5.74, 6) is -2.47. The molecule has 0 saturated carbocycles.